The highest BCUT2D eigenvalue weighted by atomic mass is 19.1. The number of carbonyl (C=O) groups is 2. The van der Waals surface area contributed by atoms with Crippen LogP contribution >= 0.6 is 0 Å². The average molecular weight is 319 g/mol. The molecule has 0 bridgehead atoms. The summed E-state index contributed by atoms with van der Waals surface area (Å²) < 4.78 is 23.5. The van der Waals surface area contributed by atoms with Crippen molar-refractivity contribution in [2.45, 2.75) is 6.61 Å². The molecule has 1 amide bonds. The highest BCUT2D eigenvalue weighted by molar-refractivity contribution is 6.00. The van der Waals surface area contributed by atoms with E-state index >= 15 is 0 Å². The maximum atomic E-state index is 13.7. The summed E-state index contributed by atoms with van der Waals surface area (Å²) in [6.45, 7) is -0.00723. The Kier molecular flexibility index (Phi) is 5.14. The Morgan fingerprint density at radius 3 is 2.48 bits per heavy atom. The van der Waals surface area contributed by atoms with Crippen LogP contribution in [0.15, 0.2) is 42.5 Å². The number of anilines is 1. The first kappa shape index (κ1) is 16.3. The molecule has 120 valence electrons. The van der Waals surface area contributed by atoms with E-state index < -0.39 is 17.9 Å². The Morgan fingerprint density at radius 2 is 1.87 bits per heavy atom. The maximum absolute atomic E-state index is 13.7. The van der Waals surface area contributed by atoms with Crippen molar-refractivity contribution in [2.75, 3.05) is 12.4 Å². The Hall–Kier alpha value is -3.09. The van der Waals surface area contributed by atoms with Gasteiger partial charge in [0.05, 0.1) is 12.7 Å². The van der Waals surface area contributed by atoms with Crippen LogP contribution in [0.4, 0.5) is 14.9 Å². The minimum absolute atomic E-state index is 0.00723. The smallest absolute Gasteiger partial charge is 0.412 e. The van der Waals surface area contributed by atoms with Crippen molar-refractivity contribution in [3.8, 4) is 5.75 Å². The van der Waals surface area contributed by atoms with Crippen LogP contribution in [0.1, 0.15) is 15.9 Å². The highest BCUT2D eigenvalue weighted by Crippen LogP contribution is 2.31. The quantitative estimate of drug-likeness (QED) is 0.883. The number of hydrogen-bond donors (Lipinski definition) is 2. The zero-order chi connectivity index (χ0) is 16.8. The van der Waals surface area contributed by atoms with Crippen LogP contribution in [-0.4, -0.2) is 24.3 Å². The first-order chi connectivity index (χ1) is 11.0. The summed E-state index contributed by atoms with van der Waals surface area (Å²) in [6, 6.07) is 10.9. The van der Waals surface area contributed by atoms with Gasteiger partial charge in [0.2, 0.25) is 0 Å². The van der Waals surface area contributed by atoms with Gasteiger partial charge >= 0.3 is 12.1 Å². The normalized spacial score (nSPS) is 10.0. The van der Waals surface area contributed by atoms with Gasteiger partial charge in [-0.15, -0.1) is 0 Å². The van der Waals surface area contributed by atoms with E-state index in [2.05, 4.69) is 5.32 Å². The number of carbonyl (C=O) groups excluding carboxylic acids is 1. The lowest BCUT2D eigenvalue weighted by atomic mass is 10.1. The second-order valence-corrected chi connectivity index (χ2v) is 4.50. The molecule has 0 radical (unpaired) electrons. The van der Waals surface area contributed by atoms with Gasteiger partial charge < -0.3 is 14.6 Å². The lowest BCUT2D eigenvalue weighted by Gasteiger charge is -2.13. The van der Waals surface area contributed by atoms with Gasteiger partial charge in [-0.1, -0.05) is 30.3 Å². The van der Waals surface area contributed by atoms with Crippen LogP contribution in [0.5, 0.6) is 5.75 Å². The van der Waals surface area contributed by atoms with Crippen molar-refractivity contribution in [2.24, 2.45) is 0 Å². The molecule has 2 rings (SSSR count). The van der Waals surface area contributed by atoms with Crippen molar-refractivity contribution in [1.29, 1.82) is 0 Å². The molecule has 0 fully saturated rings. The van der Waals surface area contributed by atoms with Crippen LogP contribution in [-0.2, 0) is 11.3 Å². The summed E-state index contributed by atoms with van der Waals surface area (Å²) in [6.07, 6.45) is -0.916. The van der Waals surface area contributed by atoms with E-state index in [1.807, 2.05) is 6.07 Å². The Morgan fingerprint density at radius 1 is 1.17 bits per heavy atom. The number of amides is 1. The van der Waals surface area contributed by atoms with Gasteiger partial charge in [0.25, 0.3) is 0 Å². The molecule has 0 heterocycles. The zero-order valence-electron chi connectivity index (χ0n) is 12.2. The SMILES string of the molecule is COc1c(F)ccc(C(=O)O)c1NC(=O)OCc1ccccc1. The van der Waals surface area contributed by atoms with Gasteiger partial charge in [0.15, 0.2) is 11.6 Å². The second-order valence-electron chi connectivity index (χ2n) is 4.50. The lowest BCUT2D eigenvalue weighted by Crippen LogP contribution is -2.17. The maximum Gasteiger partial charge on any atom is 0.412 e. The number of ether oxygens (including phenoxy) is 2. The van der Waals surface area contributed by atoms with E-state index in [9.17, 15) is 14.0 Å². The van der Waals surface area contributed by atoms with Crippen molar-refractivity contribution in [3.63, 3.8) is 0 Å². The molecule has 0 aliphatic heterocycles. The molecule has 23 heavy (non-hydrogen) atoms. The molecule has 6 nitrogen and oxygen atoms in total. The summed E-state index contributed by atoms with van der Waals surface area (Å²) in [5.41, 5.74) is 0.158. The predicted octanol–water partition coefficient (Wildman–Crippen LogP) is 3.28. The van der Waals surface area contributed by atoms with Gasteiger partial charge in [0, 0.05) is 0 Å². The molecule has 2 N–H and O–H groups in total. The van der Waals surface area contributed by atoms with E-state index in [0.717, 1.165) is 17.7 Å². The fourth-order valence-corrected chi connectivity index (χ4v) is 1.92. The number of aromatic carboxylic acids is 1. The summed E-state index contributed by atoms with van der Waals surface area (Å²) in [5, 5.41) is 11.3. The van der Waals surface area contributed by atoms with E-state index in [-0.39, 0.29) is 23.6 Å². The molecule has 0 aliphatic carbocycles. The number of nitrogens with one attached hydrogen (secondary N) is 1. The number of hydrogen-bond acceptors (Lipinski definition) is 4. The zero-order valence-corrected chi connectivity index (χ0v) is 12.2. The molecule has 7 heteroatoms. The Bertz CT molecular complexity index is 718. The fourth-order valence-electron chi connectivity index (χ4n) is 1.92. The van der Waals surface area contributed by atoms with Gasteiger partial charge in [-0.05, 0) is 17.7 Å². The molecular formula is C16H14FNO5. The number of halogens is 1. The first-order valence-corrected chi connectivity index (χ1v) is 6.60. The largest absolute Gasteiger partial charge is 0.492 e. The van der Waals surface area contributed by atoms with Gasteiger partial charge in [-0.25, -0.2) is 14.0 Å². The van der Waals surface area contributed by atoms with Gasteiger partial charge in [0.1, 0.15) is 12.3 Å². The number of methoxy groups -OCH3 is 1. The summed E-state index contributed by atoms with van der Waals surface area (Å²) in [4.78, 5) is 23.0. The minimum atomic E-state index is -1.33. The number of benzene rings is 2. The minimum Gasteiger partial charge on any atom is -0.492 e. The molecule has 0 atom stereocenters. The van der Waals surface area contributed by atoms with Crippen LogP contribution < -0.4 is 10.1 Å². The van der Waals surface area contributed by atoms with Crippen molar-refractivity contribution >= 4 is 17.7 Å². The number of rotatable bonds is 5. The van der Waals surface area contributed by atoms with E-state index in [1.54, 1.807) is 24.3 Å². The fraction of sp³-hybridized carbons (Fsp3) is 0.125. The molecule has 0 spiro atoms. The van der Waals surface area contributed by atoms with Gasteiger partial charge in [-0.2, -0.15) is 0 Å². The Balaban J connectivity index is 2.16. The molecule has 0 saturated carbocycles. The highest BCUT2D eigenvalue weighted by Gasteiger charge is 2.21. The van der Waals surface area contributed by atoms with Crippen LogP contribution in [0.2, 0.25) is 0 Å². The molecule has 2 aromatic rings. The van der Waals surface area contributed by atoms with Crippen molar-refractivity contribution in [3.05, 3.63) is 59.4 Å². The van der Waals surface area contributed by atoms with Crippen molar-refractivity contribution in [1.82, 2.24) is 0 Å². The standard InChI is InChI=1S/C16H14FNO5/c1-22-14-12(17)8-7-11(15(19)20)13(14)18-16(21)23-9-10-5-3-2-4-6-10/h2-8H,9H2,1H3,(H,18,21)(H,19,20). The molecular weight excluding hydrogens is 305 g/mol. The molecule has 0 aliphatic rings. The summed E-state index contributed by atoms with van der Waals surface area (Å²) in [7, 11) is 1.17. The lowest BCUT2D eigenvalue weighted by molar-refractivity contribution is 0.0697. The van der Waals surface area contributed by atoms with E-state index in [0.29, 0.717) is 0 Å². The van der Waals surface area contributed by atoms with Crippen LogP contribution in [0.25, 0.3) is 0 Å². The molecule has 0 unspecified atom stereocenters. The average Bonchev–Trinajstić information content (AvgIpc) is 2.54. The van der Waals surface area contributed by atoms with Crippen LogP contribution in [0, 0.1) is 5.82 Å². The second kappa shape index (κ2) is 7.26. The third-order valence-corrected chi connectivity index (χ3v) is 2.98. The first-order valence-electron chi connectivity index (χ1n) is 6.60. The van der Waals surface area contributed by atoms with Gasteiger partial charge in [-0.3, -0.25) is 5.32 Å². The Labute approximate surface area is 131 Å². The number of carboxylic acid groups (broad SMARTS) is 1. The monoisotopic (exact) mass is 319 g/mol. The number of carboxylic acids is 1. The molecule has 2 aromatic carbocycles. The van der Waals surface area contributed by atoms with E-state index in [1.165, 1.54) is 7.11 Å². The molecule has 0 saturated heterocycles. The topological polar surface area (TPSA) is 84.9 Å². The van der Waals surface area contributed by atoms with E-state index in [4.69, 9.17) is 14.6 Å². The van der Waals surface area contributed by atoms with Crippen LogP contribution in [0.3, 0.4) is 0 Å². The third kappa shape index (κ3) is 3.97. The van der Waals surface area contributed by atoms with Crippen molar-refractivity contribution < 1.29 is 28.6 Å². The molecule has 0 aromatic heterocycles. The summed E-state index contributed by atoms with van der Waals surface area (Å²) in [5.74, 6) is -2.50. The third-order valence-electron chi connectivity index (χ3n) is 2.98. The summed E-state index contributed by atoms with van der Waals surface area (Å²) >= 11 is 0. The predicted molar refractivity (Wildman–Crippen MR) is 80.2 cm³/mol.